The molecule has 0 aliphatic heterocycles. The zero-order valence-corrected chi connectivity index (χ0v) is 24.8. The van der Waals surface area contributed by atoms with E-state index in [-0.39, 0.29) is 0 Å². The van der Waals surface area contributed by atoms with Gasteiger partial charge in [-0.1, -0.05) is 127 Å². The van der Waals surface area contributed by atoms with Crippen LogP contribution in [-0.2, 0) is 0 Å². The maximum absolute atomic E-state index is 5.31. The van der Waals surface area contributed by atoms with Crippen LogP contribution >= 0.6 is 0 Å². The summed E-state index contributed by atoms with van der Waals surface area (Å²) in [6.07, 6.45) is 1.84. The van der Waals surface area contributed by atoms with Crippen LogP contribution in [0.3, 0.4) is 0 Å². The molecule has 0 amide bonds. The van der Waals surface area contributed by atoms with Crippen molar-refractivity contribution in [1.82, 2.24) is 19.9 Å². The van der Waals surface area contributed by atoms with Crippen molar-refractivity contribution in [3.8, 4) is 45.3 Å². The monoisotopic (exact) mass is 586 g/mol. The Hall–Kier alpha value is -6.26. The van der Waals surface area contributed by atoms with Crippen molar-refractivity contribution in [3.63, 3.8) is 0 Å². The molecule has 2 aromatic heterocycles. The quantitative estimate of drug-likeness (QED) is 0.193. The molecule has 9 aromatic rings. The zero-order chi connectivity index (χ0) is 30.5. The summed E-state index contributed by atoms with van der Waals surface area (Å²) in [6.45, 7) is 0. The molecule has 0 fully saturated rings. The molecule has 9 rings (SSSR count). The molecule has 4 heteroatoms. The summed E-state index contributed by atoms with van der Waals surface area (Å²) in [6, 6.07) is 52.6. The van der Waals surface area contributed by atoms with Crippen LogP contribution in [0.15, 0.2) is 158 Å². The van der Waals surface area contributed by atoms with E-state index in [2.05, 4.69) is 121 Å². The third-order valence-corrected chi connectivity index (χ3v) is 8.75. The maximum atomic E-state index is 5.31. The lowest BCUT2D eigenvalue weighted by atomic mass is 9.92. The fourth-order valence-electron chi connectivity index (χ4n) is 6.65. The standard InChI is InChI=1S/C42H26N4/c1-3-13-28(14-4-1)38-32-19-10-7-12-27(32)21-22-35(38)41-44-40(29-15-5-2-6-16-29)45-42(46-41)36-26-30-17-8-9-18-31(30)33-23-24-37-34(39(33)36)20-11-25-43-37/h1-26H. The lowest BCUT2D eigenvalue weighted by Gasteiger charge is -2.16. The van der Waals surface area contributed by atoms with Gasteiger partial charge in [0.25, 0.3) is 0 Å². The van der Waals surface area contributed by atoms with E-state index in [0.717, 1.165) is 60.3 Å². The first-order valence-electron chi connectivity index (χ1n) is 15.4. The van der Waals surface area contributed by atoms with Crippen LogP contribution in [0.4, 0.5) is 0 Å². The molecule has 0 spiro atoms. The van der Waals surface area contributed by atoms with Crippen LogP contribution in [0.25, 0.3) is 88.5 Å². The van der Waals surface area contributed by atoms with Gasteiger partial charge in [-0.05, 0) is 56.8 Å². The molecule has 2 heterocycles. The normalized spacial score (nSPS) is 11.5. The molecule has 0 N–H and O–H groups in total. The van der Waals surface area contributed by atoms with Crippen molar-refractivity contribution in [3.05, 3.63) is 158 Å². The second-order valence-corrected chi connectivity index (χ2v) is 11.5. The van der Waals surface area contributed by atoms with E-state index in [9.17, 15) is 0 Å². The zero-order valence-electron chi connectivity index (χ0n) is 24.8. The van der Waals surface area contributed by atoms with Gasteiger partial charge in [0.1, 0.15) is 0 Å². The molecule has 0 aliphatic rings. The van der Waals surface area contributed by atoms with Gasteiger partial charge >= 0.3 is 0 Å². The molecule has 0 atom stereocenters. The van der Waals surface area contributed by atoms with E-state index in [0.29, 0.717) is 17.5 Å². The van der Waals surface area contributed by atoms with Crippen LogP contribution in [0.1, 0.15) is 0 Å². The Labute approximate surface area is 265 Å². The number of rotatable bonds is 4. The van der Waals surface area contributed by atoms with Crippen LogP contribution in [0.2, 0.25) is 0 Å². The molecule has 0 radical (unpaired) electrons. The number of pyridine rings is 1. The van der Waals surface area contributed by atoms with Gasteiger partial charge in [-0.2, -0.15) is 0 Å². The molecule has 4 nitrogen and oxygen atoms in total. The topological polar surface area (TPSA) is 51.6 Å². The Kier molecular flexibility index (Phi) is 6.10. The summed E-state index contributed by atoms with van der Waals surface area (Å²) in [5.74, 6) is 1.89. The minimum Gasteiger partial charge on any atom is -0.256 e. The second-order valence-electron chi connectivity index (χ2n) is 11.5. The van der Waals surface area contributed by atoms with Crippen molar-refractivity contribution in [2.24, 2.45) is 0 Å². The van der Waals surface area contributed by atoms with Gasteiger partial charge < -0.3 is 0 Å². The Morgan fingerprint density at radius 1 is 0.370 bits per heavy atom. The summed E-state index contributed by atoms with van der Waals surface area (Å²) in [7, 11) is 0. The number of aromatic nitrogens is 4. The van der Waals surface area contributed by atoms with Gasteiger partial charge in [0.2, 0.25) is 0 Å². The third kappa shape index (κ3) is 4.31. The minimum atomic E-state index is 0.628. The van der Waals surface area contributed by atoms with E-state index in [1.165, 1.54) is 10.8 Å². The molecule has 46 heavy (non-hydrogen) atoms. The molecule has 214 valence electrons. The molecule has 0 bridgehead atoms. The summed E-state index contributed by atoms with van der Waals surface area (Å²) >= 11 is 0. The summed E-state index contributed by atoms with van der Waals surface area (Å²) in [4.78, 5) is 20.4. The molecule has 0 unspecified atom stereocenters. The Morgan fingerprint density at radius 2 is 1.00 bits per heavy atom. The lowest BCUT2D eigenvalue weighted by molar-refractivity contribution is 1.08. The average Bonchev–Trinajstić information content (AvgIpc) is 3.14. The van der Waals surface area contributed by atoms with Crippen molar-refractivity contribution in [2.45, 2.75) is 0 Å². The highest BCUT2D eigenvalue weighted by Crippen LogP contribution is 2.41. The van der Waals surface area contributed by atoms with E-state index in [1.54, 1.807) is 0 Å². The van der Waals surface area contributed by atoms with E-state index in [4.69, 9.17) is 19.9 Å². The summed E-state index contributed by atoms with van der Waals surface area (Å²) < 4.78 is 0. The highest BCUT2D eigenvalue weighted by molar-refractivity contribution is 6.22. The Bertz CT molecular complexity index is 2580. The molecule has 7 aromatic carbocycles. The predicted octanol–water partition coefficient (Wildman–Crippen LogP) is 10.5. The van der Waals surface area contributed by atoms with Crippen molar-refractivity contribution >= 4 is 43.2 Å². The Balaban J connectivity index is 1.41. The van der Waals surface area contributed by atoms with Crippen molar-refractivity contribution in [1.29, 1.82) is 0 Å². The number of hydrogen-bond donors (Lipinski definition) is 0. The molecular formula is C42H26N4. The number of fused-ring (bicyclic) bond motifs is 6. The van der Waals surface area contributed by atoms with Gasteiger partial charge in [-0.25, -0.2) is 15.0 Å². The Morgan fingerprint density at radius 3 is 1.80 bits per heavy atom. The van der Waals surface area contributed by atoms with Crippen LogP contribution in [0.5, 0.6) is 0 Å². The maximum Gasteiger partial charge on any atom is 0.164 e. The average molecular weight is 587 g/mol. The summed E-state index contributed by atoms with van der Waals surface area (Å²) in [5, 5.41) is 7.94. The predicted molar refractivity (Wildman–Crippen MR) is 189 cm³/mol. The highest BCUT2D eigenvalue weighted by atomic mass is 15.0. The highest BCUT2D eigenvalue weighted by Gasteiger charge is 2.20. The first-order chi connectivity index (χ1) is 22.8. The summed E-state index contributed by atoms with van der Waals surface area (Å²) in [5.41, 5.74) is 6.01. The van der Waals surface area contributed by atoms with Crippen molar-refractivity contribution in [2.75, 3.05) is 0 Å². The molecule has 0 saturated heterocycles. The number of nitrogens with zero attached hydrogens (tertiary/aromatic N) is 4. The van der Waals surface area contributed by atoms with E-state index >= 15 is 0 Å². The molecule has 0 aliphatic carbocycles. The van der Waals surface area contributed by atoms with Crippen molar-refractivity contribution < 1.29 is 0 Å². The number of hydrogen-bond acceptors (Lipinski definition) is 4. The second kappa shape index (κ2) is 10.7. The van der Waals surface area contributed by atoms with Crippen LogP contribution in [-0.4, -0.2) is 19.9 Å². The molecule has 0 saturated carbocycles. The fraction of sp³-hybridized carbons (Fsp3) is 0. The van der Waals surface area contributed by atoms with Gasteiger partial charge in [0.15, 0.2) is 17.5 Å². The van der Waals surface area contributed by atoms with E-state index in [1.807, 2.05) is 36.5 Å². The lowest BCUT2D eigenvalue weighted by Crippen LogP contribution is -2.02. The molecular weight excluding hydrogens is 560 g/mol. The fourth-order valence-corrected chi connectivity index (χ4v) is 6.65. The van der Waals surface area contributed by atoms with Crippen LogP contribution in [0, 0.1) is 0 Å². The third-order valence-electron chi connectivity index (χ3n) is 8.75. The van der Waals surface area contributed by atoms with E-state index < -0.39 is 0 Å². The van der Waals surface area contributed by atoms with Gasteiger partial charge in [-0.3, -0.25) is 4.98 Å². The number of benzene rings is 7. The SMILES string of the molecule is c1ccc(-c2nc(-c3ccc4ccccc4c3-c3ccccc3)nc(-c3cc4ccccc4c4ccc5ncccc5c34)n2)cc1. The van der Waals surface area contributed by atoms with Gasteiger partial charge in [0.05, 0.1) is 5.52 Å². The van der Waals surface area contributed by atoms with Crippen LogP contribution < -0.4 is 0 Å². The minimum absolute atomic E-state index is 0.628. The largest absolute Gasteiger partial charge is 0.256 e. The first-order valence-corrected chi connectivity index (χ1v) is 15.4. The van der Waals surface area contributed by atoms with Gasteiger partial charge in [0, 0.05) is 39.2 Å². The van der Waals surface area contributed by atoms with Gasteiger partial charge in [-0.15, -0.1) is 0 Å². The smallest absolute Gasteiger partial charge is 0.164 e. The first kappa shape index (κ1) is 26.2.